The van der Waals surface area contributed by atoms with Gasteiger partial charge in [0, 0.05) is 52.7 Å². The Hall–Kier alpha value is -6.80. The number of pyridine rings is 4. The number of fused-ring (bicyclic) bond motifs is 2. The van der Waals surface area contributed by atoms with Gasteiger partial charge in [-0.1, -0.05) is 34.1 Å². The molecule has 0 atom stereocenters. The van der Waals surface area contributed by atoms with Crippen LogP contribution in [-0.4, -0.2) is 69.1 Å². The molecule has 0 radical (unpaired) electrons. The number of hydrogen-bond acceptors (Lipinski definition) is 10. The van der Waals surface area contributed by atoms with Gasteiger partial charge in [0.1, 0.15) is 11.5 Å². The highest BCUT2D eigenvalue weighted by atomic mass is 79.9. The standard InChI is InChI=1S/C19H10F6N4O.C14H6BrF6N3O.C5H6BNO2/c20-18(21,22)17-28-27-16-6-3-12(10-29(16)17)14-5-4-13(30-19(23,24)25)8-15(14)11-2-1-7-26-9-11;15-10-5-8(25-14(19,20)21)2-3-9(10)7-1-4-11-22-23-12(13(16,17)18)24(11)6-7;8-6(9)5-2-1-3-7-4-5/h1-10H;1-6H;1-4,8-9H. The Morgan fingerprint density at radius 2 is 1.00 bits per heavy atom. The number of benzene rings is 2. The molecule has 6 heterocycles. The molecule has 6 aromatic heterocycles. The first kappa shape index (κ1) is 46.7. The van der Waals surface area contributed by atoms with E-state index in [1.807, 2.05) is 0 Å². The number of ether oxygens (including phenoxy) is 2. The summed E-state index contributed by atoms with van der Waals surface area (Å²) in [6, 6.07) is 19.1. The summed E-state index contributed by atoms with van der Waals surface area (Å²) in [4.78, 5) is 7.64. The number of nitrogens with zero attached hydrogens (tertiary/aromatic N) is 8. The molecule has 0 bridgehead atoms. The Balaban J connectivity index is 0.000000180. The Labute approximate surface area is 358 Å². The van der Waals surface area contributed by atoms with E-state index in [9.17, 15) is 52.7 Å². The van der Waals surface area contributed by atoms with Gasteiger partial charge in [-0.2, -0.15) is 26.3 Å². The Bertz CT molecular complexity index is 2860. The highest BCUT2D eigenvalue weighted by Gasteiger charge is 2.38. The molecule has 26 heteroatoms. The van der Waals surface area contributed by atoms with Gasteiger partial charge in [-0.05, 0) is 94.5 Å². The van der Waals surface area contributed by atoms with Crippen LogP contribution in [0, 0.1) is 0 Å². The molecule has 0 unspecified atom stereocenters. The third-order valence-corrected chi connectivity index (χ3v) is 8.94. The maximum Gasteiger partial charge on any atom is 0.573 e. The zero-order valence-corrected chi connectivity index (χ0v) is 32.9. The minimum absolute atomic E-state index is 0.00998. The maximum absolute atomic E-state index is 13.2. The molecule has 0 amide bonds. The highest BCUT2D eigenvalue weighted by Crippen LogP contribution is 2.38. The average Bonchev–Trinajstić information content (AvgIpc) is 3.86. The SMILES string of the molecule is FC(F)(F)Oc1ccc(-c2ccc3nnc(C(F)(F)F)n3c2)c(-c2cccnc2)c1.FC(F)(F)Oc1ccc(-c2ccc3nnc(C(F)(F)F)n3c2)c(Br)c1.OB(O)c1cccnc1. The summed E-state index contributed by atoms with van der Waals surface area (Å²) in [5.41, 5.74) is 2.52. The van der Waals surface area contributed by atoms with Gasteiger partial charge >= 0.3 is 32.2 Å². The van der Waals surface area contributed by atoms with Crippen molar-refractivity contribution >= 4 is 39.8 Å². The second-order valence-electron chi connectivity index (χ2n) is 12.7. The Morgan fingerprint density at radius 1 is 0.516 bits per heavy atom. The molecule has 0 spiro atoms. The number of alkyl halides is 12. The summed E-state index contributed by atoms with van der Waals surface area (Å²) < 4.78 is 162. The van der Waals surface area contributed by atoms with Crippen molar-refractivity contribution in [2.45, 2.75) is 25.1 Å². The minimum Gasteiger partial charge on any atom is -0.423 e. The van der Waals surface area contributed by atoms with E-state index < -0.39 is 55.3 Å². The molecule has 0 aliphatic carbocycles. The smallest absolute Gasteiger partial charge is 0.423 e. The van der Waals surface area contributed by atoms with Crippen LogP contribution in [0.5, 0.6) is 11.5 Å². The largest absolute Gasteiger partial charge is 0.573 e. The van der Waals surface area contributed by atoms with Crippen LogP contribution in [0.2, 0.25) is 0 Å². The van der Waals surface area contributed by atoms with Crippen LogP contribution >= 0.6 is 15.9 Å². The zero-order chi connectivity index (χ0) is 46.6. The number of hydrogen-bond donors (Lipinski definition) is 2. The molecule has 0 fully saturated rings. The van der Waals surface area contributed by atoms with Crippen molar-refractivity contribution in [1.82, 2.24) is 39.2 Å². The minimum atomic E-state index is -4.89. The molecule has 64 heavy (non-hydrogen) atoms. The van der Waals surface area contributed by atoms with Gasteiger partial charge in [-0.15, -0.1) is 46.7 Å². The second-order valence-corrected chi connectivity index (χ2v) is 13.5. The van der Waals surface area contributed by atoms with Crippen LogP contribution in [0.4, 0.5) is 52.7 Å². The van der Waals surface area contributed by atoms with Crippen LogP contribution in [0.15, 0.2) is 127 Å². The van der Waals surface area contributed by atoms with Crippen molar-refractivity contribution in [1.29, 1.82) is 0 Å². The summed E-state index contributed by atoms with van der Waals surface area (Å²) in [7, 11) is -1.40. The predicted octanol–water partition coefficient (Wildman–Crippen LogP) is 9.21. The Kier molecular flexibility index (Phi) is 13.5. The third-order valence-electron chi connectivity index (χ3n) is 8.29. The zero-order valence-electron chi connectivity index (χ0n) is 31.3. The van der Waals surface area contributed by atoms with Gasteiger partial charge in [0.2, 0.25) is 11.6 Å². The van der Waals surface area contributed by atoms with E-state index in [1.165, 1.54) is 61.2 Å². The van der Waals surface area contributed by atoms with Crippen molar-refractivity contribution < 1.29 is 72.2 Å². The molecule has 2 N–H and O–H groups in total. The lowest BCUT2D eigenvalue weighted by atomic mass is 9.82. The van der Waals surface area contributed by atoms with E-state index in [1.54, 1.807) is 30.5 Å². The van der Waals surface area contributed by atoms with Crippen molar-refractivity contribution in [3.8, 4) is 44.9 Å². The Morgan fingerprint density at radius 3 is 1.42 bits per heavy atom. The average molecular weight is 973 g/mol. The molecule has 2 aromatic carbocycles. The fourth-order valence-electron chi connectivity index (χ4n) is 5.68. The first-order chi connectivity index (χ1) is 30.0. The molecule has 8 rings (SSSR count). The van der Waals surface area contributed by atoms with Gasteiger partial charge in [0.05, 0.1) is 0 Å². The molecule has 0 saturated carbocycles. The summed E-state index contributed by atoms with van der Waals surface area (Å²) in [5.74, 6) is -3.33. The van der Waals surface area contributed by atoms with Crippen LogP contribution < -0.4 is 14.9 Å². The summed E-state index contributed by atoms with van der Waals surface area (Å²) in [6.07, 6.45) is -10.9. The number of aromatic nitrogens is 8. The van der Waals surface area contributed by atoms with Crippen LogP contribution in [0.3, 0.4) is 0 Å². The van der Waals surface area contributed by atoms with Gasteiger partial charge in [-0.25, -0.2) is 0 Å². The summed E-state index contributed by atoms with van der Waals surface area (Å²) in [5, 5.41) is 30.3. The van der Waals surface area contributed by atoms with Crippen LogP contribution in [0.25, 0.3) is 44.7 Å². The number of rotatable bonds is 6. The van der Waals surface area contributed by atoms with Crippen molar-refractivity contribution in [3.05, 3.63) is 138 Å². The van der Waals surface area contributed by atoms with E-state index in [0.717, 1.165) is 39.3 Å². The van der Waals surface area contributed by atoms with E-state index in [-0.39, 0.29) is 15.8 Å². The quantitative estimate of drug-likeness (QED) is 0.122. The lowest BCUT2D eigenvalue weighted by Gasteiger charge is -2.15. The molecule has 0 saturated heterocycles. The predicted molar refractivity (Wildman–Crippen MR) is 205 cm³/mol. The van der Waals surface area contributed by atoms with Gasteiger partial charge in [-0.3, -0.25) is 18.8 Å². The monoisotopic (exact) mass is 972 g/mol. The molecule has 8 aromatic rings. The van der Waals surface area contributed by atoms with E-state index >= 15 is 0 Å². The lowest BCUT2D eigenvalue weighted by molar-refractivity contribution is -0.275. The fraction of sp³-hybridized carbons (Fsp3) is 0.105. The topological polar surface area (TPSA) is 145 Å². The van der Waals surface area contributed by atoms with Crippen molar-refractivity contribution in [3.63, 3.8) is 0 Å². The van der Waals surface area contributed by atoms with E-state index in [4.69, 9.17) is 10.0 Å². The van der Waals surface area contributed by atoms with Crippen molar-refractivity contribution in [2.24, 2.45) is 0 Å². The van der Waals surface area contributed by atoms with Gasteiger partial charge < -0.3 is 19.5 Å². The second kappa shape index (κ2) is 18.5. The normalized spacial score (nSPS) is 12.0. The van der Waals surface area contributed by atoms with Crippen LogP contribution in [0.1, 0.15) is 11.6 Å². The summed E-state index contributed by atoms with van der Waals surface area (Å²) >= 11 is 3.09. The molecule has 332 valence electrons. The molecule has 0 aliphatic rings. The molecular formula is C38H22BBrF12N8O4. The fourth-order valence-corrected chi connectivity index (χ4v) is 6.26. The summed E-state index contributed by atoms with van der Waals surface area (Å²) in [6.45, 7) is 0. The van der Waals surface area contributed by atoms with Crippen LogP contribution in [-0.2, 0) is 12.4 Å². The molecule has 0 aliphatic heterocycles. The van der Waals surface area contributed by atoms with E-state index in [2.05, 4.69) is 55.8 Å². The van der Waals surface area contributed by atoms with Crippen molar-refractivity contribution in [2.75, 3.05) is 0 Å². The number of halogens is 13. The van der Waals surface area contributed by atoms with E-state index in [0.29, 0.717) is 38.8 Å². The molecule has 12 nitrogen and oxygen atoms in total. The lowest BCUT2D eigenvalue weighted by Crippen LogP contribution is -2.29. The first-order valence-corrected chi connectivity index (χ1v) is 18.2. The third kappa shape index (κ3) is 11.8. The highest BCUT2D eigenvalue weighted by molar-refractivity contribution is 9.10. The molecular weight excluding hydrogens is 951 g/mol. The van der Waals surface area contributed by atoms with Gasteiger partial charge in [0.25, 0.3) is 0 Å². The maximum atomic E-state index is 13.2. The van der Waals surface area contributed by atoms with Gasteiger partial charge in [0.15, 0.2) is 11.3 Å². The first-order valence-electron chi connectivity index (χ1n) is 17.4.